The molecule has 11 nitrogen and oxygen atoms in total. The van der Waals surface area contributed by atoms with E-state index in [9.17, 15) is 14.0 Å². The van der Waals surface area contributed by atoms with Gasteiger partial charge in [-0.1, -0.05) is 47.9 Å². The number of aromatic nitrogens is 3. The summed E-state index contributed by atoms with van der Waals surface area (Å²) in [5.74, 6) is 5.13. The number of carbonyl (C=O) groups is 2. The number of pyridine rings is 1. The van der Waals surface area contributed by atoms with E-state index in [0.29, 0.717) is 72.6 Å². The minimum atomic E-state index is -0.933. The van der Waals surface area contributed by atoms with E-state index < -0.39 is 29.2 Å². The number of benzene rings is 2. The molecule has 1 unspecified atom stereocenters. The van der Waals surface area contributed by atoms with Gasteiger partial charge < -0.3 is 19.3 Å². The van der Waals surface area contributed by atoms with Crippen molar-refractivity contribution in [1.29, 1.82) is 0 Å². The van der Waals surface area contributed by atoms with Crippen LogP contribution in [0.4, 0.5) is 19.4 Å². The Bertz CT molecular complexity index is 2240. The van der Waals surface area contributed by atoms with E-state index in [2.05, 4.69) is 26.7 Å². The van der Waals surface area contributed by atoms with E-state index in [-0.39, 0.29) is 41.8 Å². The number of likely N-dealkylation sites (tertiary alicyclic amines) is 2. The van der Waals surface area contributed by atoms with Crippen molar-refractivity contribution in [2.45, 2.75) is 82.3 Å². The van der Waals surface area contributed by atoms with Crippen molar-refractivity contribution in [1.82, 2.24) is 29.7 Å². The van der Waals surface area contributed by atoms with Gasteiger partial charge in [-0.25, -0.2) is 13.6 Å². The van der Waals surface area contributed by atoms with Crippen molar-refractivity contribution in [2.75, 3.05) is 51.3 Å². The second-order valence-electron chi connectivity index (χ2n) is 16.1. The molecule has 6 heterocycles. The zero-order chi connectivity index (χ0) is 38.6. The molecule has 4 fully saturated rings. The number of ether oxygens (including phenoxy) is 2. The van der Waals surface area contributed by atoms with Gasteiger partial charge in [-0.15, -0.1) is 0 Å². The number of halogens is 3. The van der Waals surface area contributed by atoms with E-state index in [0.717, 1.165) is 24.8 Å². The predicted molar refractivity (Wildman–Crippen MR) is 206 cm³/mol. The monoisotopic (exact) mass is 771 g/mol. The summed E-state index contributed by atoms with van der Waals surface area (Å²) < 4.78 is 43.3. The minimum absolute atomic E-state index is 0.0169. The molecule has 4 atom stereocenters. The molecule has 55 heavy (non-hydrogen) atoms. The van der Waals surface area contributed by atoms with Gasteiger partial charge in [0.15, 0.2) is 5.82 Å². The number of amides is 2. The van der Waals surface area contributed by atoms with Gasteiger partial charge in [-0.05, 0) is 70.4 Å². The first-order valence-electron chi connectivity index (χ1n) is 18.9. The van der Waals surface area contributed by atoms with Crippen molar-refractivity contribution in [3.8, 4) is 29.1 Å². The highest BCUT2D eigenvalue weighted by molar-refractivity contribution is 6.36. The van der Waals surface area contributed by atoms with Crippen LogP contribution in [0.5, 0.6) is 6.01 Å². The average molecular weight is 772 g/mol. The van der Waals surface area contributed by atoms with Crippen LogP contribution in [0.1, 0.15) is 52.9 Å². The Morgan fingerprint density at radius 3 is 2.65 bits per heavy atom. The van der Waals surface area contributed by atoms with Gasteiger partial charge in [0.25, 0.3) is 5.91 Å². The smallest absolute Gasteiger partial charge is 0.411 e. The first-order chi connectivity index (χ1) is 26.3. The molecule has 2 amide bonds. The number of carbonyl (C=O) groups excluding carboxylic acids is 2. The Morgan fingerprint density at radius 1 is 1.09 bits per heavy atom. The Hall–Kier alpha value is -4.80. The number of alkyl halides is 1. The van der Waals surface area contributed by atoms with Crippen molar-refractivity contribution in [3.63, 3.8) is 0 Å². The maximum atomic E-state index is 16.9. The fourth-order valence-electron chi connectivity index (χ4n) is 8.40. The van der Waals surface area contributed by atoms with Gasteiger partial charge >= 0.3 is 12.1 Å². The number of anilines is 1. The Morgan fingerprint density at radius 2 is 1.89 bits per heavy atom. The van der Waals surface area contributed by atoms with E-state index in [4.69, 9.17) is 26.1 Å². The molecule has 0 saturated carbocycles. The fraction of sp³-hybridized carbons (Fsp3) is 0.488. The summed E-state index contributed by atoms with van der Waals surface area (Å²) in [7, 11) is 1.85. The SMILES string of the molecule is CN(c1nc(OC[C@@]23CCCN2C[C@H](F)C3)nc2c(F)c(-c3cccc4cccc(Cl)c34)ncc12)[C@@H]1CCN(C(=O)C#CC2CCN2C(=O)OC(C)(C)C)C1. The summed E-state index contributed by atoms with van der Waals surface area (Å²) in [5, 5.41) is 2.38. The maximum Gasteiger partial charge on any atom is 0.411 e. The lowest BCUT2D eigenvalue weighted by Gasteiger charge is -2.38. The Labute approximate surface area is 323 Å². The molecule has 0 radical (unpaired) electrons. The van der Waals surface area contributed by atoms with Crippen molar-refractivity contribution in [2.24, 2.45) is 0 Å². The second kappa shape index (κ2) is 14.4. The number of likely N-dealkylation sites (N-methyl/N-ethyl adjacent to an activating group) is 1. The average Bonchev–Trinajstić information content (AvgIpc) is 3.84. The summed E-state index contributed by atoms with van der Waals surface area (Å²) >= 11 is 6.63. The van der Waals surface area contributed by atoms with Gasteiger partial charge in [0.05, 0.1) is 17.0 Å². The molecule has 4 aromatic rings. The van der Waals surface area contributed by atoms with Crippen LogP contribution in [0.2, 0.25) is 5.02 Å². The molecule has 0 N–H and O–H groups in total. The Kier molecular flexibility index (Phi) is 9.70. The molecule has 0 aliphatic carbocycles. The first kappa shape index (κ1) is 37.1. The van der Waals surface area contributed by atoms with Crippen LogP contribution in [0, 0.1) is 17.7 Å². The fourth-order valence-corrected chi connectivity index (χ4v) is 8.68. The lowest BCUT2D eigenvalue weighted by Crippen LogP contribution is -2.52. The number of hydrogen-bond donors (Lipinski definition) is 0. The topological polar surface area (TPSA) is 104 Å². The molecule has 0 bridgehead atoms. The van der Waals surface area contributed by atoms with Gasteiger partial charge in [0.1, 0.15) is 35.4 Å². The number of rotatable bonds is 6. The summed E-state index contributed by atoms with van der Waals surface area (Å²) in [5.41, 5.74) is -0.430. The highest BCUT2D eigenvalue weighted by Gasteiger charge is 2.49. The molecule has 288 valence electrons. The highest BCUT2D eigenvalue weighted by Crippen LogP contribution is 2.41. The van der Waals surface area contributed by atoms with E-state index in [1.807, 2.05) is 57.0 Å². The number of hydrogen-bond acceptors (Lipinski definition) is 9. The summed E-state index contributed by atoms with van der Waals surface area (Å²) in [6, 6.07) is 10.5. The zero-order valence-corrected chi connectivity index (χ0v) is 32.2. The third-order valence-corrected chi connectivity index (χ3v) is 11.6. The van der Waals surface area contributed by atoms with Crippen LogP contribution in [0.3, 0.4) is 0 Å². The molecular weight excluding hydrogens is 728 g/mol. The first-order valence-corrected chi connectivity index (χ1v) is 19.3. The van der Waals surface area contributed by atoms with Crippen LogP contribution < -0.4 is 9.64 Å². The number of nitrogens with zero attached hydrogens (tertiary/aromatic N) is 7. The Balaban J connectivity index is 1.08. The van der Waals surface area contributed by atoms with Gasteiger partial charge in [-0.3, -0.25) is 19.6 Å². The van der Waals surface area contributed by atoms with E-state index in [1.54, 1.807) is 23.2 Å². The van der Waals surface area contributed by atoms with Gasteiger partial charge in [-0.2, -0.15) is 9.97 Å². The maximum absolute atomic E-state index is 16.9. The van der Waals surface area contributed by atoms with Crippen LogP contribution in [-0.4, -0.2) is 117 Å². The molecule has 2 aromatic carbocycles. The van der Waals surface area contributed by atoms with E-state index >= 15 is 4.39 Å². The predicted octanol–water partition coefficient (Wildman–Crippen LogP) is 6.64. The molecule has 14 heteroatoms. The van der Waals surface area contributed by atoms with Crippen molar-refractivity contribution < 1.29 is 27.8 Å². The molecule has 0 spiro atoms. The normalized spacial score (nSPS) is 23.7. The summed E-state index contributed by atoms with van der Waals surface area (Å²) in [4.78, 5) is 47.1. The summed E-state index contributed by atoms with van der Waals surface area (Å²) in [6.07, 6.45) is 3.59. The molecule has 4 saturated heterocycles. The molecule has 4 aliphatic heterocycles. The van der Waals surface area contributed by atoms with Crippen LogP contribution in [0.25, 0.3) is 32.9 Å². The van der Waals surface area contributed by atoms with Gasteiger partial charge in [0.2, 0.25) is 0 Å². The lowest BCUT2D eigenvalue weighted by atomic mass is 9.95. The largest absolute Gasteiger partial charge is 0.461 e. The lowest BCUT2D eigenvalue weighted by molar-refractivity contribution is -0.124. The third kappa shape index (κ3) is 7.11. The van der Waals surface area contributed by atoms with Gasteiger partial charge in [0, 0.05) is 67.9 Å². The standard InChI is InChI=1S/C41H44ClF2N7O4/c1-40(2,3)55-39(53)51-19-15-27(51)12-13-32(52)49-18-14-28(23-49)48(4)37-30-21-45-35(29-10-5-8-25-9-6-11-31(42)33(25)29)34(44)36(30)46-38(47-37)54-24-41-16-7-17-50(41)22-26(43)20-41/h5-6,8-11,21,26-28H,7,14-20,22-24H2,1-4H3/t26-,27?,28-,41+/m1/s1. The van der Waals surface area contributed by atoms with E-state index in [1.165, 1.54) is 4.90 Å². The zero-order valence-electron chi connectivity index (χ0n) is 31.4. The molecule has 2 aromatic heterocycles. The number of fused-ring (bicyclic) bond motifs is 3. The third-order valence-electron chi connectivity index (χ3n) is 11.3. The van der Waals surface area contributed by atoms with Crippen molar-refractivity contribution >= 4 is 51.1 Å². The highest BCUT2D eigenvalue weighted by atomic mass is 35.5. The van der Waals surface area contributed by atoms with Crippen LogP contribution in [0.15, 0.2) is 42.6 Å². The molecular formula is C41H44ClF2N7O4. The minimum Gasteiger partial charge on any atom is -0.461 e. The second-order valence-corrected chi connectivity index (χ2v) is 16.5. The van der Waals surface area contributed by atoms with Crippen molar-refractivity contribution in [3.05, 3.63) is 53.4 Å². The van der Waals surface area contributed by atoms with Crippen LogP contribution >= 0.6 is 11.6 Å². The van der Waals surface area contributed by atoms with Crippen LogP contribution in [-0.2, 0) is 9.53 Å². The quantitative estimate of drug-likeness (QED) is 0.200. The summed E-state index contributed by atoms with van der Waals surface area (Å²) in [6.45, 7) is 8.11. The molecule has 4 aliphatic rings. The molecule has 8 rings (SSSR count).